The molecule has 0 unspecified atom stereocenters. The van der Waals surface area contributed by atoms with Gasteiger partial charge in [0.1, 0.15) is 0 Å². The monoisotopic (exact) mass is 113 g/mol. The van der Waals surface area contributed by atoms with Gasteiger partial charge >= 0.3 is 0 Å². The van der Waals surface area contributed by atoms with Crippen LogP contribution in [0.3, 0.4) is 0 Å². The largest absolute Gasteiger partial charge is 0.125 e. The molecule has 32 valence electrons. The summed E-state index contributed by atoms with van der Waals surface area (Å²) in [4.78, 5) is 1.40. The molecule has 0 bridgehead atoms. The fraction of sp³-hybridized carbons (Fsp3) is 1.00. The molecule has 0 saturated heterocycles. The second-order valence-corrected chi connectivity index (χ2v) is 2.48. The van der Waals surface area contributed by atoms with Crippen molar-refractivity contribution >= 4 is 21.8 Å². The summed E-state index contributed by atoms with van der Waals surface area (Å²) in [6.45, 7) is 0. The molecule has 0 radical (unpaired) electrons. The van der Waals surface area contributed by atoms with Crippen molar-refractivity contribution < 1.29 is 4.48 Å². The molecule has 5 heavy (non-hydrogen) atoms. The Morgan fingerprint density at radius 2 is 2.40 bits per heavy atom. The SMILES string of the molecule is CSSNF. The van der Waals surface area contributed by atoms with E-state index in [-0.39, 0.29) is 0 Å². The van der Waals surface area contributed by atoms with E-state index < -0.39 is 0 Å². The molecule has 0 fully saturated rings. The summed E-state index contributed by atoms with van der Waals surface area (Å²) in [5.74, 6) is 0. The smallest absolute Gasteiger partial charge is 0.0195 e. The van der Waals surface area contributed by atoms with Crippen LogP contribution in [0.2, 0.25) is 0 Å². The van der Waals surface area contributed by atoms with E-state index in [1.807, 2.05) is 0 Å². The Morgan fingerprint density at radius 1 is 1.80 bits per heavy atom. The summed E-state index contributed by atoms with van der Waals surface area (Å²) < 4.78 is 10.7. The third-order valence-corrected chi connectivity index (χ3v) is 1.03. The zero-order valence-electron chi connectivity index (χ0n) is 2.69. The third-order valence-electron chi connectivity index (χ3n) is 0.115. The summed E-state index contributed by atoms with van der Waals surface area (Å²) in [7, 11) is 2.30. The van der Waals surface area contributed by atoms with Gasteiger partial charge in [-0.1, -0.05) is 15.7 Å². The van der Waals surface area contributed by atoms with Gasteiger partial charge in [-0.25, -0.2) is 0 Å². The highest BCUT2D eigenvalue weighted by atomic mass is 33.1. The number of hydrogen-bond donors (Lipinski definition) is 1. The number of halogens is 1. The Balaban J connectivity index is 2.19. The molecule has 0 saturated carbocycles. The predicted molar refractivity (Wildman–Crippen MR) is 25.3 cm³/mol. The van der Waals surface area contributed by atoms with E-state index in [1.54, 1.807) is 6.26 Å². The van der Waals surface area contributed by atoms with Crippen LogP contribution < -0.4 is 4.94 Å². The van der Waals surface area contributed by atoms with Gasteiger partial charge in [0.05, 0.1) is 0 Å². The minimum absolute atomic E-state index is 0.963. The van der Waals surface area contributed by atoms with Crippen molar-refractivity contribution in [1.82, 2.24) is 4.94 Å². The van der Waals surface area contributed by atoms with Crippen LogP contribution in [0, 0.1) is 0 Å². The van der Waals surface area contributed by atoms with Crippen LogP contribution in [-0.4, -0.2) is 6.26 Å². The van der Waals surface area contributed by atoms with Crippen LogP contribution in [-0.2, 0) is 0 Å². The molecule has 0 aromatic carbocycles. The number of rotatable bonds is 2. The maximum absolute atomic E-state index is 10.7. The lowest BCUT2D eigenvalue weighted by atomic mass is 12.0. The van der Waals surface area contributed by atoms with Crippen LogP contribution in [0.15, 0.2) is 0 Å². The van der Waals surface area contributed by atoms with Gasteiger partial charge in [-0.3, -0.25) is 0 Å². The first kappa shape index (κ1) is 5.59. The molecule has 0 aliphatic heterocycles. The van der Waals surface area contributed by atoms with E-state index in [0.29, 0.717) is 0 Å². The molecule has 0 aliphatic rings. The van der Waals surface area contributed by atoms with E-state index in [9.17, 15) is 4.48 Å². The van der Waals surface area contributed by atoms with Gasteiger partial charge < -0.3 is 0 Å². The summed E-state index contributed by atoms with van der Waals surface area (Å²) in [5, 5.41) is 0. The van der Waals surface area contributed by atoms with Gasteiger partial charge in [0.15, 0.2) is 0 Å². The van der Waals surface area contributed by atoms with Crippen molar-refractivity contribution in [3.8, 4) is 0 Å². The van der Waals surface area contributed by atoms with E-state index >= 15 is 0 Å². The highest BCUT2D eigenvalue weighted by molar-refractivity contribution is 8.75. The Bertz CT molecular complexity index is 17.1. The second kappa shape index (κ2) is 4.59. The number of hydrogen-bond acceptors (Lipinski definition) is 3. The molecule has 1 nitrogen and oxygen atoms in total. The van der Waals surface area contributed by atoms with Crippen molar-refractivity contribution in [3.63, 3.8) is 0 Å². The third kappa shape index (κ3) is 4.59. The highest BCUT2D eigenvalue weighted by Gasteiger charge is 1.69. The summed E-state index contributed by atoms with van der Waals surface area (Å²) in [5.41, 5.74) is 0. The zero-order valence-corrected chi connectivity index (χ0v) is 4.33. The van der Waals surface area contributed by atoms with Gasteiger partial charge in [-0.05, 0) is 6.26 Å². The lowest BCUT2D eigenvalue weighted by Gasteiger charge is -1.78. The molecule has 4 heteroatoms. The van der Waals surface area contributed by atoms with Crippen LogP contribution in [0.1, 0.15) is 0 Å². The molecule has 0 atom stereocenters. The fourth-order valence-electron chi connectivity index (χ4n) is 0.0315. The van der Waals surface area contributed by atoms with Crippen molar-refractivity contribution in [3.05, 3.63) is 0 Å². The summed E-state index contributed by atoms with van der Waals surface area (Å²) >= 11 is 0. The first-order chi connectivity index (χ1) is 2.41. The first-order valence-corrected chi connectivity index (χ1v) is 3.53. The molecule has 0 amide bonds. The van der Waals surface area contributed by atoms with E-state index in [1.165, 1.54) is 15.7 Å². The van der Waals surface area contributed by atoms with Gasteiger partial charge in [0.2, 0.25) is 0 Å². The highest BCUT2D eigenvalue weighted by Crippen LogP contribution is 2.09. The van der Waals surface area contributed by atoms with Crippen molar-refractivity contribution in [2.45, 2.75) is 0 Å². The van der Waals surface area contributed by atoms with Gasteiger partial charge in [0.25, 0.3) is 0 Å². The summed E-state index contributed by atoms with van der Waals surface area (Å²) in [6.07, 6.45) is 1.79. The van der Waals surface area contributed by atoms with Crippen molar-refractivity contribution in [1.29, 1.82) is 0 Å². The molecule has 0 aliphatic carbocycles. The first-order valence-electron chi connectivity index (χ1n) is 0.968. The quantitative estimate of drug-likeness (QED) is 0.330. The molecule has 0 spiro atoms. The molecule has 1 N–H and O–H groups in total. The summed E-state index contributed by atoms with van der Waals surface area (Å²) in [6, 6.07) is 0. The van der Waals surface area contributed by atoms with Crippen molar-refractivity contribution in [2.75, 3.05) is 6.26 Å². The molecule has 0 rings (SSSR count). The van der Waals surface area contributed by atoms with Crippen LogP contribution in [0.4, 0.5) is 4.48 Å². The van der Waals surface area contributed by atoms with E-state index in [2.05, 4.69) is 0 Å². The standard InChI is InChI=1S/CH4FNS2/c1-4-5-3-2/h3H,1H3. The molecule has 0 aromatic rings. The zero-order chi connectivity index (χ0) is 4.12. The van der Waals surface area contributed by atoms with Crippen LogP contribution >= 0.6 is 21.8 Å². The van der Waals surface area contributed by atoms with Crippen molar-refractivity contribution in [2.24, 2.45) is 0 Å². The van der Waals surface area contributed by atoms with Crippen LogP contribution in [0.5, 0.6) is 0 Å². The minimum Gasteiger partial charge on any atom is -0.125 e. The second-order valence-electron chi connectivity index (χ2n) is 0.327. The van der Waals surface area contributed by atoms with E-state index in [4.69, 9.17) is 0 Å². The Labute approximate surface area is 38.2 Å². The predicted octanol–water partition coefficient (Wildman–Crippen LogP) is 1.39. The van der Waals surface area contributed by atoms with Gasteiger partial charge in [0, 0.05) is 11.0 Å². The normalized spacial score (nSPS) is 8.40. The average molecular weight is 113 g/mol. The maximum atomic E-state index is 10.7. The molecular weight excluding hydrogens is 109 g/mol. The fourth-order valence-corrected chi connectivity index (χ4v) is 0.283. The minimum atomic E-state index is 0.963. The average Bonchev–Trinajstić information content (AvgIpc) is 1.41. The Hall–Kier alpha value is 0.590. The maximum Gasteiger partial charge on any atom is 0.0195 e. The Morgan fingerprint density at radius 3 is 2.40 bits per heavy atom. The molecule has 0 aromatic heterocycles. The van der Waals surface area contributed by atoms with Gasteiger partial charge in [-0.15, -0.1) is 4.48 Å². The molecular formula is CH4FNS2. The van der Waals surface area contributed by atoms with Gasteiger partial charge in [-0.2, -0.15) is 0 Å². The topological polar surface area (TPSA) is 12.0 Å². The Kier molecular flexibility index (Phi) is 5.13. The van der Waals surface area contributed by atoms with E-state index in [0.717, 1.165) is 11.0 Å². The number of nitrogens with one attached hydrogen (secondary N) is 1. The van der Waals surface area contributed by atoms with Crippen LogP contribution in [0.25, 0.3) is 0 Å². The molecule has 0 heterocycles. The lowest BCUT2D eigenvalue weighted by Crippen LogP contribution is -1.73. The lowest BCUT2D eigenvalue weighted by molar-refractivity contribution is 0.468.